The molecule has 0 aliphatic rings. The molecule has 1 aromatic heterocycles. The van der Waals surface area contributed by atoms with Crippen LogP contribution in [-0.2, 0) is 6.42 Å². The van der Waals surface area contributed by atoms with Crippen molar-refractivity contribution in [3.63, 3.8) is 0 Å². The van der Waals surface area contributed by atoms with Crippen LogP contribution < -0.4 is 0 Å². The number of carbonyl (C=O) groups is 1. The minimum absolute atomic E-state index is 0.524. The predicted octanol–water partition coefficient (Wildman–Crippen LogP) is 1.17. The monoisotopic (exact) mass is 168 g/mol. The number of H-pyrrole nitrogens is 1. The molecule has 1 amide bonds. The summed E-state index contributed by atoms with van der Waals surface area (Å²) in [6.45, 7) is 0.524. The summed E-state index contributed by atoms with van der Waals surface area (Å²) in [4.78, 5) is 14.7. The van der Waals surface area contributed by atoms with Gasteiger partial charge in [0, 0.05) is 31.9 Å². The predicted molar refractivity (Wildman–Crippen MR) is 45.2 cm³/mol. The molecule has 0 fully saturated rings. The van der Waals surface area contributed by atoms with Crippen molar-refractivity contribution in [3.8, 4) is 0 Å². The second-order valence-electron chi connectivity index (χ2n) is 2.65. The summed E-state index contributed by atoms with van der Waals surface area (Å²) in [5, 5.41) is 8.53. The van der Waals surface area contributed by atoms with E-state index in [1.807, 2.05) is 18.3 Å². The fraction of sp³-hybridized carbons (Fsp3) is 0.375. The number of amides is 1. The lowest BCUT2D eigenvalue weighted by molar-refractivity contribution is 0.156. The SMILES string of the molecule is CN(CCc1ccc[nH]1)C(=O)O. The number of nitrogens with one attached hydrogen (secondary N) is 1. The van der Waals surface area contributed by atoms with Crippen molar-refractivity contribution in [1.29, 1.82) is 0 Å². The van der Waals surface area contributed by atoms with Crippen molar-refractivity contribution in [1.82, 2.24) is 9.88 Å². The molecule has 0 atom stereocenters. The van der Waals surface area contributed by atoms with Crippen molar-refractivity contribution in [2.45, 2.75) is 6.42 Å². The molecule has 0 saturated heterocycles. The largest absolute Gasteiger partial charge is 0.465 e. The summed E-state index contributed by atoms with van der Waals surface area (Å²) in [5.74, 6) is 0. The van der Waals surface area contributed by atoms with E-state index in [0.717, 1.165) is 12.1 Å². The van der Waals surface area contributed by atoms with E-state index in [1.54, 1.807) is 7.05 Å². The topological polar surface area (TPSA) is 56.3 Å². The van der Waals surface area contributed by atoms with Crippen LogP contribution in [0.1, 0.15) is 5.69 Å². The lowest BCUT2D eigenvalue weighted by Crippen LogP contribution is -2.26. The van der Waals surface area contributed by atoms with Gasteiger partial charge in [-0.2, -0.15) is 0 Å². The molecule has 1 aromatic rings. The quantitative estimate of drug-likeness (QED) is 0.711. The van der Waals surface area contributed by atoms with Gasteiger partial charge in [0.15, 0.2) is 0 Å². The highest BCUT2D eigenvalue weighted by Gasteiger charge is 2.04. The summed E-state index contributed by atoms with van der Waals surface area (Å²) < 4.78 is 0. The summed E-state index contributed by atoms with van der Waals surface area (Å²) in [6.07, 6.45) is 1.67. The minimum Gasteiger partial charge on any atom is -0.465 e. The molecule has 1 rings (SSSR count). The maximum absolute atomic E-state index is 10.4. The Labute approximate surface area is 70.8 Å². The van der Waals surface area contributed by atoms with E-state index in [1.165, 1.54) is 4.90 Å². The van der Waals surface area contributed by atoms with Crippen molar-refractivity contribution in [2.24, 2.45) is 0 Å². The second kappa shape index (κ2) is 3.80. The van der Waals surface area contributed by atoms with E-state index in [0.29, 0.717) is 6.54 Å². The van der Waals surface area contributed by atoms with Crippen molar-refractivity contribution in [2.75, 3.05) is 13.6 Å². The number of aromatic nitrogens is 1. The standard InChI is InChI=1S/C8H12N2O2/c1-10(8(11)12)6-4-7-3-2-5-9-7/h2-3,5,9H,4,6H2,1H3,(H,11,12). The molecule has 0 aromatic carbocycles. The molecule has 0 saturated carbocycles. The second-order valence-corrected chi connectivity index (χ2v) is 2.65. The number of aromatic amines is 1. The van der Waals surface area contributed by atoms with Gasteiger partial charge in [0.25, 0.3) is 0 Å². The lowest BCUT2D eigenvalue weighted by Gasteiger charge is -2.11. The first-order chi connectivity index (χ1) is 5.70. The van der Waals surface area contributed by atoms with Crippen LogP contribution in [0.15, 0.2) is 18.3 Å². The van der Waals surface area contributed by atoms with E-state index in [4.69, 9.17) is 5.11 Å². The Hall–Kier alpha value is -1.45. The van der Waals surface area contributed by atoms with Crippen LogP contribution in [0.4, 0.5) is 4.79 Å². The Morgan fingerprint density at radius 1 is 1.75 bits per heavy atom. The number of likely N-dealkylation sites (N-methyl/N-ethyl adjacent to an activating group) is 1. The number of rotatable bonds is 3. The molecule has 0 aliphatic carbocycles. The Balaban J connectivity index is 2.31. The van der Waals surface area contributed by atoms with E-state index >= 15 is 0 Å². The Bertz CT molecular complexity index is 244. The van der Waals surface area contributed by atoms with Gasteiger partial charge >= 0.3 is 6.09 Å². The van der Waals surface area contributed by atoms with Crippen LogP contribution in [0.3, 0.4) is 0 Å². The Morgan fingerprint density at radius 3 is 3.00 bits per heavy atom. The highest BCUT2D eigenvalue weighted by Crippen LogP contribution is 1.96. The fourth-order valence-corrected chi connectivity index (χ4v) is 0.907. The summed E-state index contributed by atoms with van der Waals surface area (Å²) in [7, 11) is 1.56. The Morgan fingerprint density at radius 2 is 2.50 bits per heavy atom. The molecule has 0 bridgehead atoms. The average molecular weight is 168 g/mol. The van der Waals surface area contributed by atoms with E-state index < -0.39 is 6.09 Å². The van der Waals surface area contributed by atoms with Crippen LogP contribution in [0.2, 0.25) is 0 Å². The van der Waals surface area contributed by atoms with E-state index in [2.05, 4.69) is 4.98 Å². The highest BCUT2D eigenvalue weighted by atomic mass is 16.4. The average Bonchev–Trinajstić information content (AvgIpc) is 2.51. The van der Waals surface area contributed by atoms with Gasteiger partial charge in [-0.1, -0.05) is 0 Å². The molecule has 0 spiro atoms. The van der Waals surface area contributed by atoms with Gasteiger partial charge in [-0.25, -0.2) is 4.79 Å². The molecule has 0 unspecified atom stereocenters. The molecule has 0 aliphatic heterocycles. The zero-order chi connectivity index (χ0) is 8.97. The molecule has 66 valence electrons. The molecule has 1 heterocycles. The third-order valence-corrected chi connectivity index (χ3v) is 1.71. The first-order valence-electron chi connectivity index (χ1n) is 3.76. The first kappa shape index (κ1) is 8.64. The normalized spacial score (nSPS) is 9.75. The number of hydrogen-bond donors (Lipinski definition) is 2. The zero-order valence-electron chi connectivity index (χ0n) is 6.95. The number of nitrogens with zero attached hydrogens (tertiary/aromatic N) is 1. The van der Waals surface area contributed by atoms with Gasteiger partial charge in [-0.3, -0.25) is 0 Å². The summed E-state index contributed by atoms with van der Waals surface area (Å²) in [6, 6.07) is 3.84. The van der Waals surface area contributed by atoms with Gasteiger partial charge in [0.1, 0.15) is 0 Å². The maximum Gasteiger partial charge on any atom is 0.407 e. The fourth-order valence-electron chi connectivity index (χ4n) is 0.907. The number of carboxylic acid groups (broad SMARTS) is 1. The molecule has 4 nitrogen and oxygen atoms in total. The van der Waals surface area contributed by atoms with Gasteiger partial charge in [-0.15, -0.1) is 0 Å². The van der Waals surface area contributed by atoms with Crippen molar-refractivity contribution in [3.05, 3.63) is 24.0 Å². The molecular weight excluding hydrogens is 156 g/mol. The Kier molecular flexibility index (Phi) is 2.74. The summed E-state index contributed by atoms with van der Waals surface area (Å²) in [5.41, 5.74) is 1.06. The summed E-state index contributed by atoms with van der Waals surface area (Å²) >= 11 is 0. The van der Waals surface area contributed by atoms with Crippen molar-refractivity contribution < 1.29 is 9.90 Å². The molecule has 0 radical (unpaired) electrons. The third kappa shape index (κ3) is 2.30. The van der Waals surface area contributed by atoms with E-state index in [-0.39, 0.29) is 0 Å². The molecule has 12 heavy (non-hydrogen) atoms. The van der Waals surface area contributed by atoms with Crippen LogP contribution in [0.5, 0.6) is 0 Å². The smallest absolute Gasteiger partial charge is 0.407 e. The molecule has 4 heteroatoms. The number of hydrogen-bond acceptors (Lipinski definition) is 1. The highest BCUT2D eigenvalue weighted by molar-refractivity contribution is 5.64. The zero-order valence-corrected chi connectivity index (χ0v) is 6.95. The van der Waals surface area contributed by atoms with Crippen LogP contribution in [-0.4, -0.2) is 34.7 Å². The molecule has 2 N–H and O–H groups in total. The van der Waals surface area contributed by atoms with E-state index in [9.17, 15) is 4.79 Å². The van der Waals surface area contributed by atoms with Gasteiger partial charge < -0.3 is 15.0 Å². The van der Waals surface area contributed by atoms with Gasteiger partial charge in [0.2, 0.25) is 0 Å². The minimum atomic E-state index is -0.887. The third-order valence-electron chi connectivity index (χ3n) is 1.71. The lowest BCUT2D eigenvalue weighted by atomic mass is 10.3. The first-order valence-corrected chi connectivity index (χ1v) is 3.76. The van der Waals surface area contributed by atoms with Gasteiger partial charge in [-0.05, 0) is 12.1 Å². The maximum atomic E-state index is 10.4. The van der Waals surface area contributed by atoms with Crippen molar-refractivity contribution >= 4 is 6.09 Å². The van der Waals surface area contributed by atoms with Gasteiger partial charge in [0.05, 0.1) is 0 Å². The van der Waals surface area contributed by atoms with Crippen LogP contribution in [0, 0.1) is 0 Å². The van der Waals surface area contributed by atoms with Crippen LogP contribution >= 0.6 is 0 Å². The van der Waals surface area contributed by atoms with Crippen LogP contribution in [0.25, 0.3) is 0 Å². The molecular formula is C8H12N2O2.